The Bertz CT molecular complexity index is 1220. The molecule has 0 aliphatic rings. The van der Waals surface area contributed by atoms with E-state index in [9.17, 15) is 19.5 Å². The predicted octanol–water partition coefficient (Wildman–Crippen LogP) is 7.74. The number of para-hydroxylation sites is 1. The lowest BCUT2D eigenvalue weighted by Gasteiger charge is -2.36. The van der Waals surface area contributed by atoms with E-state index in [0.29, 0.717) is 36.2 Å². The lowest BCUT2D eigenvalue weighted by atomic mass is 9.94. The van der Waals surface area contributed by atoms with Crippen molar-refractivity contribution in [3.63, 3.8) is 0 Å². The lowest BCUT2D eigenvalue weighted by molar-refractivity contribution is -0.142. The van der Waals surface area contributed by atoms with Gasteiger partial charge in [0.1, 0.15) is 23.4 Å². The number of phenols is 1. The van der Waals surface area contributed by atoms with Gasteiger partial charge in [-0.3, -0.25) is 9.59 Å². The van der Waals surface area contributed by atoms with Crippen LogP contribution in [0.15, 0.2) is 36.4 Å². The molecule has 3 unspecified atom stereocenters. The normalized spacial score (nSPS) is 13.5. The number of ether oxygens (including phenoxy) is 1. The number of anilines is 1. The molecule has 8 heteroatoms. The fourth-order valence-corrected chi connectivity index (χ4v) is 5.07. The van der Waals surface area contributed by atoms with Crippen molar-refractivity contribution in [2.24, 2.45) is 5.92 Å². The Balaban J connectivity index is 2.63. The van der Waals surface area contributed by atoms with Gasteiger partial charge in [-0.15, -0.1) is 0 Å². The zero-order valence-corrected chi connectivity index (χ0v) is 27.7. The number of phenolic OH excluding ortho intramolecular Hbond substituents is 1. The van der Waals surface area contributed by atoms with Crippen molar-refractivity contribution >= 4 is 23.6 Å². The summed E-state index contributed by atoms with van der Waals surface area (Å²) in [7, 11) is 0. The summed E-state index contributed by atoms with van der Waals surface area (Å²) in [6, 6.07) is 8.90. The maximum atomic E-state index is 14.5. The van der Waals surface area contributed by atoms with Gasteiger partial charge in [0.15, 0.2) is 0 Å². The first-order valence-electron chi connectivity index (χ1n) is 15.7. The van der Waals surface area contributed by atoms with Crippen molar-refractivity contribution < 1.29 is 24.2 Å². The highest BCUT2D eigenvalue weighted by Gasteiger charge is 2.38. The smallest absolute Gasteiger partial charge is 0.408 e. The summed E-state index contributed by atoms with van der Waals surface area (Å²) < 4.78 is 5.52. The van der Waals surface area contributed by atoms with Gasteiger partial charge in [0, 0.05) is 12.2 Å². The van der Waals surface area contributed by atoms with Crippen LogP contribution >= 0.6 is 0 Å². The van der Waals surface area contributed by atoms with E-state index >= 15 is 0 Å². The Kier molecular flexibility index (Phi) is 13.5. The molecule has 0 bridgehead atoms. The number of hydrogen-bond donors (Lipinski definition) is 3. The summed E-state index contributed by atoms with van der Waals surface area (Å²) in [5.74, 6) is -0.807. The van der Waals surface area contributed by atoms with Crippen molar-refractivity contribution in [2.45, 2.75) is 119 Å². The third-order valence-corrected chi connectivity index (χ3v) is 7.76. The van der Waals surface area contributed by atoms with E-state index < -0.39 is 23.8 Å². The van der Waals surface area contributed by atoms with Crippen LogP contribution in [-0.4, -0.2) is 46.1 Å². The molecule has 0 heterocycles. The SMILES string of the molecule is CCCCCCCN(C(=O)C(NC(=O)OC(C)(C)C)C(C)CC)C(C(=O)Nc1c(C)cccc1C)c1ccc(O)c(C)c1. The summed E-state index contributed by atoms with van der Waals surface area (Å²) >= 11 is 0. The molecule has 0 saturated heterocycles. The van der Waals surface area contributed by atoms with E-state index in [1.165, 1.54) is 0 Å². The molecule has 43 heavy (non-hydrogen) atoms. The molecule has 0 saturated carbocycles. The third-order valence-electron chi connectivity index (χ3n) is 7.76. The zero-order valence-electron chi connectivity index (χ0n) is 27.7. The highest BCUT2D eigenvalue weighted by atomic mass is 16.6. The molecule has 2 rings (SSSR count). The Morgan fingerprint density at radius 2 is 1.56 bits per heavy atom. The fraction of sp³-hybridized carbons (Fsp3) is 0.571. The van der Waals surface area contributed by atoms with Crippen LogP contribution in [0.3, 0.4) is 0 Å². The topological polar surface area (TPSA) is 108 Å². The molecule has 0 aliphatic heterocycles. The third kappa shape index (κ3) is 10.6. The molecule has 0 aliphatic carbocycles. The van der Waals surface area contributed by atoms with E-state index in [2.05, 4.69) is 17.6 Å². The molecule has 3 N–H and O–H groups in total. The first kappa shape index (κ1) is 35.6. The number of carbonyl (C=O) groups excluding carboxylic acids is 3. The van der Waals surface area contributed by atoms with E-state index in [1.54, 1.807) is 50.8 Å². The molecule has 0 fully saturated rings. The second kappa shape index (κ2) is 16.3. The van der Waals surface area contributed by atoms with E-state index in [0.717, 1.165) is 36.8 Å². The average Bonchev–Trinajstić information content (AvgIpc) is 2.93. The van der Waals surface area contributed by atoms with Crippen molar-refractivity contribution in [2.75, 3.05) is 11.9 Å². The second-order valence-electron chi connectivity index (χ2n) is 12.7. The minimum atomic E-state index is -0.996. The van der Waals surface area contributed by atoms with Crippen LogP contribution in [0.2, 0.25) is 0 Å². The first-order valence-corrected chi connectivity index (χ1v) is 15.7. The number of aromatic hydroxyl groups is 1. The van der Waals surface area contributed by atoms with Crippen LogP contribution in [0.4, 0.5) is 10.5 Å². The van der Waals surface area contributed by atoms with Crippen LogP contribution in [0.5, 0.6) is 5.75 Å². The van der Waals surface area contributed by atoms with Gasteiger partial charge in [-0.1, -0.05) is 77.1 Å². The Labute approximate surface area is 258 Å². The number of rotatable bonds is 14. The Morgan fingerprint density at radius 3 is 2.12 bits per heavy atom. The van der Waals surface area contributed by atoms with Crippen LogP contribution in [0.25, 0.3) is 0 Å². The van der Waals surface area contributed by atoms with Crippen LogP contribution in [0.1, 0.15) is 108 Å². The highest BCUT2D eigenvalue weighted by Crippen LogP contribution is 2.31. The summed E-state index contributed by atoms with van der Waals surface area (Å²) in [5, 5.41) is 16.2. The molecule has 0 aromatic heterocycles. The van der Waals surface area contributed by atoms with Gasteiger partial charge >= 0.3 is 6.09 Å². The summed E-state index contributed by atoms with van der Waals surface area (Å²) in [6.07, 6.45) is 4.78. The van der Waals surface area contributed by atoms with E-state index in [1.807, 2.05) is 45.9 Å². The molecular weight excluding hydrogens is 542 g/mol. The average molecular weight is 596 g/mol. The molecule has 2 aromatic rings. The Morgan fingerprint density at radius 1 is 0.930 bits per heavy atom. The molecule has 238 valence electrons. The largest absolute Gasteiger partial charge is 0.508 e. The summed E-state index contributed by atoms with van der Waals surface area (Å²) in [4.78, 5) is 43.4. The standard InChI is InChI=1S/C35H53N3O5/c1-10-12-13-14-15-21-38(33(41)30(23(3)11-2)37-34(42)43-35(7,8)9)31(27-19-20-28(39)26(6)22-27)32(40)36-29-24(4)17-16-18-25(29)5/h16-20,22-23,30-31,39H,10-15,21H2,1-9H3,(H,36,40)(H,37,42). The number of carbonyl (C=O) groups is 3. The number of nitrogens with one attached hydrogen (secondary N) is 2. The number of aryl methyl sites for hydroxylation is 3. The van der Waals surface area contributed by atoms with Crippen LogP contribution in [-0.2, 0) is 14.3 Å². The molecule has 0 radical (unpaired) electrons. The molecule has 0 spiro atoms. The maximum absolute atomic E-state index is 14.5. The van der Waals surface area contributed by atoms with Crippen LogP contribution < -0.4 is 10.6 Å². The predicted molar refractivity (Wildman–Crippen MR) is 173 cm³/mol. The van der Waals surface area contributed by atoms with Crippen molar-refractivity contribution in [3.8, 4) is 5.75 Å². The minimum absolute atomic E-state index is 0.110. The zero-order chi connectivity index (χ0) is 32.3. The quantitative estimate of drug-likeness (QED) is 0.194. The molecule has 3 atom stereocenters. The molecule has 8 nitrogen and oxygen atoms in total. The number of nitrogens with zero attached hydrogens (tertiary/aromatic N) is 1. The lowest BCUT2D eigenvalue weighted by Crippen LogP contribution is -2.55. The number of unbranched alkanes of at least 4 members (excludes halogenated alkanes) is 4. The van der Waals surface area contributed by atoms with E-state index in [4.69, 9.17) is 4.74 Å². The summed E-state index contributed by atoms with van der Waals surface area (Å²) in [6.45, 7) is 17.3. The molecular formula is C35H53N3O5. The van der Waals surface area contributed by atoms with E-state index in [-0.39, 0.29) is 23.5 Å². The number of benzene rings is 2. The van der Waals surface area contributed by atoms with Crippen molar-refractivity contribution in [3.05, 3.63) is 58.7 Å². The number of amides is 3. The van der Waals surface area contributed by atoms with Gasteiger partial charge in [-0.2, -0.15) is 0 Å². The summed E-state index contributed by atoms with van der Waals surface area (Å²) in [5.41, 5.74) is 2.98. The van der Waals surface area contributed by atoms with Gasteiger partial charge in [-0.25, -0.2) is 4.79 Å². The first-order chi connectivity index (χ1) is 20.2. The number of alkyl carbamates (subject to hydrolysis) is 1. The van der Waals surface area contributed by atoms with Gasteiger partial charge in [0.25, 0.3) is 5.91 Å². The second-order valence-corrected chi connectivity index (χ2v) is 12.7. The molecule has 2 aromatic carbocycles. The fourth-order valence-electron chi connectivity index (χ4n) is 5.07. The van der Waals surface area contributed by atoms with Crippen molar-refractivity contribution in [1.29, 1.82) is 0 Å². The number of hydrogen-bond acceptors (Lipinski definition) is 5. The molecule has 3 amide bonds. The van der Waals surface area contributed by atoms with Crippen LogP contribution in [0, 0.1) is 26.7 Å². The van der Waals surface area contributed by atoms with Gasteiger partial charge in [0.05, 0.1) is 0 Å². The monoisotopic (exact) mass is 595 g/mol. The van der Waals surface area contributed by atoms with Gasteiger partial charge < -0.3 is 25.4 Å². The van der Waals surface area contributed by atoms with Crippen molar-refractivity contribution in [1.82, 2.24) is 10.2 Å². The van der Waals surface area contributed by atoms with Gasteiger partial charge in [-0.05, 0) is 88.3 Å². The minimum Gasteiger partial charge on any atom is -0.508 e. The Hall–Kier alpha value is -3.55. The highest BCUT2D eigenvalue weighted by molar-refractivity contribution is 6.00. The van der Waals surface area contributed by atoms with Gasteiger partial charge in [0.2, 0.25) is 5.91 Å². The maximum Gasteiger partial charge on any atom is 0.408 e.